The Kier molecular flexibility index (Phi) is 2.80. The summed E-state index contributed by atoms with van der Waals surface area (Å²) < 4.78 is 5.27. The fourth-order valence-electron chi connectivity index (χ4n) is 1.53. The summed E-state index contributed by atoms with van der Waals surface area (Å²) >= 11 is 5.91. The second kappa shape index (κ2) is 4.11. The smallest absolute Gasteiger partial charge is 0.178 e. The average Bonchev–Trinajstić information content (AvgIpc) is 2.28. The van der Waals surface area contributed by atoms with Crippen molar-refractivity contribution in [3.05, 3.63) is 22.8 Å². The molecular formula is C10H11ClN4O. The minimum Gasteiger partial charge on any atom is -0.494 e. The lowest BCUT2D eigenvalue weighted by atomic mass is 10.2. The molecule has 0 saturated carbocycles. The zero-order chi connectivity index (χ0) is 11.7. The van der Waals surface area contributed by atoms with E-state index in [0.717, 1.165) is 5.56 Å². The van der Waals surface area contributed by atoms with Gasteiger partial charge in [0.05, 0.1) is 12.6 Å². The Labute approximate surface area is 97.6 Å². The second-order valence-corrected chi connectivity index (χ2v) is 3.65. The Morgan fingerprint density at radius 3 is 2.75 bits per heavy atom. The molecule has 1 heterocycles. The van der Waals surface area contributed by atoms with Gasteiger partial charge in [-0.15, -0.1) is 0 Å². The molecule has 0 atom stereocenters. The highest BCUT2D eigenvalue weighted by atomic mass is 35.5. The summed E-state index contributed by atoms with van der Waals surface area (Å²) in [7, 11) is 1.59. The first-order chi connectivity index (χ1) is 7.67. The van der Waals surface area contributed by atoms with E-state index in [1.54, 1.807) is 7.11 Å². The van der Waals surface area contributed by atoms with Gasteiger partial charge in [0.15, 0.2) is 11.0 Å². The minimum atomic E-state index is 0.221. The van der Waals surface area contributed by atoms with Crippen LogP contribution in [0.2, 0.25) is 5.15 Å². The quantitative estimate of drug-likeness (QED) is 0.617. The molecule has 3 N–H and O–H groups in total. The number of nitrogens with zero attached hydrogens (tertiary/aromatic N) is 2. The molecule has 0 radical (unpaired) electrons. The first-order valence-corrected chi connectivity index (χ1v) is 5.02. The third-order valence-electron chi connectivity index (χ3n) is 2.29. The summed E-state index contributed by atoms with van der Waals surface area (Å²) in [4.78, 5) is 8.45. The lowest BCUT2D eigenvalue weighted by Gasteiger charge is -2.09. The summed E-state index contributed by atoms with van der Waals surface area (Å²) in [6, 6.07) is 3.75. The highest BCUT2D eigenvalue weighted by Gasteiger charge is 2.11. The van der Waals surface area contributed by atoms with E-state index >= 15 is 0 Å². The molecule has 0 aliphatic carbocycles. The van der Waals surface area contributed by atoms with E-state index in [1.165, 1.54) is 0 Å². The zero-order valence-electron chi connectivity index (χ0n) is 8.91. The molecule has 0 bridgehead atoms. The molecule has 2 rings (SSSR count). The highest BCUT2D eigenvalue weighted by Crippen LogP contribution is 2.29. The Hall–Kier alpha value is -1.59. The minimum absolute atomic E-state index is 0.221. The maximum atomic E-state index is 5.91. The van der Waals surface area contributed by atoms with Crippen molar-refractivity contribution >= 4 is 28.5 Å². The Bertz CT molecular complexity index is 544. The van der Waals surface area contributed by atoms with Crippen molar-refractivity contribution in [1.29, 1.82) is 0 Å². The number of ether oxygens (including phenoxy) is 1. The van der Waals surface area contributed by atoms with Crippen LogP contribution >= 0.6 is 11.6 Å². The molecule has 1 aromatic heterocycles. The number of fused-ring (bicyclic) bond motifs is 1. The monoisotopic (exact) mass is 238 g/mol. The van der Waals surface area contributed by atoms with Gasteiger partial charge in [0.25, 0.3) is 0 Å². The number of nitrogens with one attached hydrogen (secondary N) is 1. The molecule has 0 saturated heterocycles. The first kappa shape index (κ1) is 10.9. The second-order valence-electron chi connectivity index (χ2n) is 3.29. The molecule has 1 aromatic carbocycles. The average molecular weight is 239 g/mol. The molecular weight excluding hydrogens is 228 g/mol. The number of nitrogen functional groups attached to an aromatic ring is 1. The molecule has 5 nitrogen and oxygen atoms in total. The predicted molar refractivity (Wildman–Crippen MR) is 63.6 cm³/mol. The van der Waals surface area contributed by atoms with Gasteiger partial charge in [0, 0.05) is 0 Å². The van der Waals surface area contributed by atoms with Crippen LogP contribution in [0.4, 0.5) is 5.82 Å². The summed E-state index contributed by atoms with van der Waals surface area (Å²) in [5, 5.41) is 0.221. The van der Waals surface area contributed by atoms with Gasteiger partial charge in [0.2, 0.25) is 0 Å². The lowest BCUT2D eigenvalue weighted by Crippen LogP contribution is -2.10. The number of halogens is 1. The van der Waals surface area contributed by atoms with Gasteiger partial charge >= 0.3 is 0 Å². The largest absolute Gasteiger partial charge is 0.494 e. The molecule has 0 spiro atoms. The van der Waals surface area contributed by atoms with Crippen molar-refractivity contribution in [2.75, 3.05) is 12.5 Å². The van der Waals surface area contributed by atoms with Gasteiger partial charge in [0.1, 0.15) is 11.3 Å². The number of nitrogens with two attached hydrogens (primary N) is 1. The van der Waals surface area contributed by atoms with E-state index in [0.29, 0.717) is 22.6 Å². The molecule has 0 unspecified atom stereocenters. The predicted octanol–water partition coefficient (Wildman–Crippen LogP) is 1.89. The van der Waals surface area contributed by atoms with Crippen LogP contribution in [-0.4, -0.2) is 17.1 Å². The number of aryl methyl sites for hydroxylation is 1. The third kappa shape index (κ3) is 1.64. The first-order valence-electron chi connectivity index (χ1n) is 4.65. The SMILES string of the molecule is COc1c(C)ccc2nc(NN)c(Cl)nc12. The molecule has 16 heavy (non-hydrogen) atoms. The van der Waals surface area contributed by atoms with Crippen LogP contribution in [-0.2, 0) is 0 Å². The number of rotatable bonds is 2. The summed E-state index contributed by atoms with van der Waals surface area (Å²) in [5.41, 5.74) is 4.68. The van der Waals surface area contributed by atoms with Gasteiger partial charge in [-0.05, 0) is 18.6 Å². The number of hydrogen-bond acceptors (Lipinski definition) is 5. The van der Waals surface area contributed by atoms with E-state index in [-0.39, 0.29) is 5.15 Å². The standard InChI is InChI=1S/C10H11ClN4O/c1-5-3-4-6-7(8(5)16-2)14-9(11)10(13-6)15-12/h3-4H,12H2,1-2H3,(H,13,15). The van der Waals surface area contributed by atoms with E-state index in [9.17, 15) is 0 Å². The van der Waals surface area contributed by atoms with Crippen LogP contribution in [0, 0.1) is 6.92 Å². The molecule has 6 heteroatoms. The van der Waals surface area contributed by atoms with Crippen molar-refractivity contribution in [3.63, 3.8) is 0 Å². The summed E-state index contributed by atoms with van der Waals surface area (Å²) in [5.74, 6) is 6.30. The summed E-state index contributed by atoms with van der Waals surface area (Å²) in [6.45, 7) is 1.93. The normalized spacial score (nSPS) is 10.5. The highest BCUT2D eigenvalue weighted by molar-refractivity contribution is 6.32. The Morgan fingerprint density at radius 1 is 1.38 bits per heavy atom. The van der Waals surface area contributed by atoms with E-state index < -0.39 is 0 Å². The maximum absolute atomic E-state index is 5.91. The van der Waals surface area contributed by atoms with Crippen molar-refractivity contribution in [3.8, 4) is 5.75 Å². The Balaban J connectivity index is 2.79. The molecule has 2 aromatic rings. The fourth-order valence-corrected chi connectivity index (χ4v) is 1.71. The molecule has 0 aliphatic heterocycles. The summed E-state index contributed by atoms with van der Waals surface area (Å²) in [6.07, 6.45) is 0. The van der Waals surface area contributed by atoms with Gasteiger partial charge in [-0.3, -0.25) is 0 Å². The van der Waals surface area contributed by atoms with Crippen molar-refractivity contribution in [1.82, 2.24) is 9.97 Å². The van der Waals surface area contributed by atoms with Crippen LogP contribution < -0.4 is 16.0 Å². The number of hydrogen-bond donors (Lipinski definition) is 2. The van der Waals surface area contributed by atoms with Gasteiger partial charge < -0.3 is 10.2 Å². The van der Waals surface area contributed by atoms with Gasteiger partial charge in [-0.2, -0.15) is 0 Å². The van der Waals surface area contributed by atoms with Crippen LogP contribution in [0.25, 0.3) is 11.0 Å². The Morgan fingerprint density at radius 2 is 2.12 bits per heavy atom. The van der Waals surface area contributed by atoms with Crippen molar-refractivity contribution in [2.45, 2.75) is 6.92 Å². The van der Waals surface area contributed by atoms with E-state index in [2.05, 4.69) is 15.4 Å². The molecule has 0 amide bonds. The molecule has 0 aliphatic rings. The molecule has 0 fully saturated rings. The number of aromatic nitrogens is 2. The lowest BCUT2D eigenvalue weighted by molar-refractivity contribution is 0.416. The third-order valence-corrected chi connectivity index (χ3v) is 2.55. The number of benzene rings is 1. The van der Waals surface area contributed by atoms with Crippen LogP contribution in [0.15, 0.2) is 12.1 Å². The number of anilines is 1. The topological polar surface area (TPSA) is 73.1 Å². The molecule has 84 valence electrons. The van der Waals surface area contributed by atoms with Crippen molar-refractivity contribution in [2.24, 2.45) is 5.84 Å². The zero-order valence-corrected chi connectivity index (χ0v) is 9.67. The van der Waals surface area contributed by atoms with Gasteiger partial charge in [-0.25, -0.2) is 15.8 Å². The number of methoxy groups -OCH3 is 1. The van der Waals surface area contributed by atoms with Crippen molar-refractivity contribution < 1.29 is 4.74 Å². The fraction of sp³-hybridized carbons (Fsp3) is 0.200. The van der Waals surface area contributed by atoms with E-state index in [1.807, 2.05) is 19.1 Å². The van der Waals surface area contributed by atoms with Crippen LogP contribution in [0.5, 0.6) is 5.75 Å². The van der Waals surface area contributed by atoms with E-state index in [4.69, 9.17) is 22.2 Å². The number of hydrazine groups is 1. The van der Waals surface area contributed by atoms with Crippen LogP contribution in [0.1, 0.15) is 5.56 Å². The van der Waals surface area contributed by atoms with Gasteiger partial charge in [-0.1, -0.05) is 17.7 Å². The van der Waals surface area contributed by atoms with Crippen LogP contribution in [0.3, 0.4) is 0 Å². The maximum Gasteiger partial charge on any atom is 0.178 e.